The van der Waals surface area contributed by atoms with Crippen LogP contribution < -0.4 is 11.1 Å². The summed E-state index contributed by atoms with van der Waals surface area (Å²) in [5.74, 6) is 0.963. The molecule has 0 heterocycles. The summed E-state index contributed by atoms with van der Waals surface area (Å²) in [6.07, 6.45) is 0.374. The minimum absolute atomic E-state index is 0.172. The zero-order valence-corrected chi connectivity index (χ0v) is 9.73. The lowest BCUT2D eigenvalue weighted by atomic mass is 10.3. The molecule has 0 spiro atoms. The van der Waals surface area contributed by atoms with E-state index >= 15 is 0 Å². The predicted octanol–water partition coefficient (Wildman–Crippen LogP) is 1.85. The first kappa shape index (κ1) is 13.0. The maximum Gasteiger partial charge on any atom is 0.225 e. The molecular formula is C11H15FN2OS. The van der Waals surface area contributed by atoms with Gasteiger partial charge in [-0.05, 0) is 12.1 Å². The van der Waals surface area contributed by atoms with Crippen molar-refractivity contribution >= 4 is 23.4 Å². The third-order valence-corrected chi connectivity index (χ3v) is 2.90. The van der Waals surface area contributed by atoms with Crippen molar-refractivity contribution in [2.75, 3.05) is 23.4 Å². The van der Waals surface area contributed by atoms with E-state index in [0.717, 1.165) is 5.75 Å². The zero-order chi connectivity index (χ0) is 11.8. The fourth-order valence-corrected chi connectivity index (χ4v) is 1.83. The van der Waals surface area contributed by atoms with Crippen LogP contribution >= 0.6 is 11.8 Å². The van der Waals surface area contributed by atoms with Crippen LogP contribution in [0.15, 0.2) is 24.3 Å². The summed E-state index contributed by atoms with van der Waals surface area (Å²) in [6.45, 7) is 0.611. The molecule has 88 valence electrons. The number of anilines is 1. The molecule has 0 saturated carbocycles. The Morgan fingerprint density at radius 2 is 2.12 bits per heavy atom. The molecule has 1 rings (SSSR count). The van der Waals surface area contributed by atoms with Gasteiger partial charge in [0.15, 0.2) is 0 Å². The van der Waals surface area contributed by atoms with E-state index in [4.69, 9.17) is 5.73 Å². The van der Waals surface area contributed by atoms with Crippen LogP contribution in [0.1, 0.15) is 6.42 Å². The van der Waals surface area contributed by atoms with E-state index < -0.39 is 5.82 Å². The molecule has 0 saturated heterocycles. The molecule has 0 atom stereocenters. The number of rotatable bonds is 6. The lowest BCUT2D eigenvalue weighted by molar-refractivity contribution is -0.115. The van der Waals surface area contributed by atoms with Crippen molar-refractivity contribution in [2.45, 2.75) is 6.42 Å². The molecule has 0 aliphatic carbocycles. The molecule has 0 bridgehead atoms. The number of carbonyl (C=O) groups excluding carboxylic acids is 1. The summed E-state index contributed by atoms with van der Waals surface area (Å²) in [5.41, 5.74) is 5.55. The van der Waals surface area contributed by atoms with Crippen LogP contribution in [0, 0.1) is 5.82 Å². The summed E-state index contributed by atoms with van der Waals surface area (Å²) in [5, 5.41) is 2.53. The quantitative estimate of drug-likeness (QED) is 0.748. The Labute approximate surface area is 98.6 Å². The Bertz CT molecular complexity index is 347. The molecule has 0 unspecified atom stereocenters. The van der Waals surface area contributed by atoms with Crippen LogP contribution in [-0.4, -0.2) is 24.0 Å². The summed E-state index contributed by atoms with van der Waals surface area (Å²) in [4.78, 5) is 11.4. The first-order valence-corrected chi connectivity index (χ1v) is 6.21. The second-order valence-corrected chi connectivity index (χ2v) is 4.40. The molecular weight excluding hydrogens is 227 g/mol. The smallest absolute Gasteiger partial charge is 0.225 e. The van der Waals surface area contributed by atoms with Crippen LogP contribution in [0.25, 0.3) is 0 Å². The number of nitrogens with one attached hydrogen (secondary N) is 1. The second-order valence-electron chi connectivity index (χ2n) is 3.18. The highest BCUT2D eigenvalue weighted by Crippen LogP contribution is 2.13. The van der Waals surface area contributed by atoms with Gasteiger partial charge in [-0.15, -0.1) is 0 Å². The normalized spacial score (nSPS) is 10.1. The Kier molecular flexibility index (Phi) is 5.88. The average molecular weight is 242 g/mol. The fourth-order valence-electron chi connectivity index (χ4n) is 1.13. The summed E-state index contributed by atoms with van der Waals surface area (Å²) < 4.78 is 13.2. The van der Waals surface area contributed by atoms with Gasteiger partial charge in [0, 0.05) is 24.5 Å². The topological polar surface area (TPSA) is 55.1 Å². The van der Waals surface area contributed by atoms with Gasteiger partial charge in [0.25, 0.3) is 0 Å². The van der Waals surface area contributed by atoms with E-state index in [1.165, 1.54) is 6.07 Å². The summed E-state index contributed by atoms with van der Waals surface area (Å²) >= 11 is 1.62. The van der Waals surface area contributed by atoms with Crippen molar-refractivity contribution in [1.29, 1.82) is 0 Å². The Hall–Kier alpha value is -1.07. The monoisotopic (exact) mass is 242 g/mol. The van der Waals surface area contributed by atoms with E-state index in [9.17, 15) is 9.18 Å². The lowest BCUT2D eigenvalue weighted by Gasteiger charge is -2.05. The average Bonchev–Trinajstić information content (AvgIpc) is 2.28. The van der Waals surface area contributed by atoms with Gasteiger partial charge in [-0.2, -0.15) is 11.8 Å². The van der Waals surface area contributed by atoms with Crippen molar-refractivity contribution in [2.24, 2.45) is 5.73 Å². The zero-order valence-electron chi connectivity index (χ0n) is 8.91. The first-order valence-electron chi connectivity index (χ1n) is 5.06. The van der Waals surface area contributed by atoms with E-state index in [1.807, 2.05) is 0 Å². The molecule has 0 aliphatic heterocycles. The SMILES string of the molecule is NCCSCCC(=O)Nc1ccccc1F. The van der Waals surface area contributed by atoms with Crippen LogP contribution in [0.2, 0.25) is 0 Å². The van der Waals surface area contributed by atoms with Gasteiger partial charge in [0.05, 0.1) is 5.69 Å². The van der Waals surface area contributed by atoms with Gasteiger partial charge in [0.2, 0.25) is 5.91 Å². The number of hydrogen-bond donors (Lipinski definition) is 2. The standard InChI is InChI=1S/C11H15FN2OS/c12-9-3-1-2-4-10(9)14-11(15)5-7-16-8-6-13/h1-4H,5-8,13H2,(H,14,15). The van der Waals surface area contributed by atoms with Gasteiger partial charge in [0.1, 0.15) is 5.82 Å². The van der Waals surface area contributed by atoms with Crippen LogP contribution in [0.3, 0.4) is 0 Å². The highest BCUT2D eigenvalue weighted by atomic mass is 32.2. The van der Waals surface area contributed by atoms with Gasteiger partial charge in [-0.25, -0.2) is 4.39 Å². The maximum atomic E-state index is 13.2. The minimum atomic E-state index is -0.412. The van der Waals surface area contributed by atoms with Gasteiger partial charge in [-0.1, -0.05) is 12.1 Å². The maximum absolute atomic E-state index is 13.2. The van der Waals surface area contributed by atoms with Crippen molar-refractivity contribution in [3.63, 3.8) is 0 Å². The number of carbonyl (C=O) groups is 1. The molecule has 0 aromatic heterocycles. The van der Waals surface area contributed by atoms with Crippen molar-refractivity contribution in [3.05, 3.63) is 30.1 Å². The lowest BCUT2D eigenvalue weighted by Crippen LogP contribution is -2.13. The molecule has 0 fully saturated rings. The van der Waals surface area contributed by atoms with Crippen molar-refractivity contribution in [1.82, 2.24) is 0 Å². The van der Waals surface area contributed by atoms with Crippen LogP contribution in [-0.2, 0) is 4.79 Å². The summed E-state index contributed by atoms with van der Waals surface area (Å²) in [6, 6.07) is 6.13. The first-order chi connectivity index (χ1) is 7.74. The largest absolute Gasteiger partial charge is 0.330 e. The number of benzene rings is 1. The highest BCUT2D eigenvalue weighted by Gasteiger charge is 2.05. The number of nitrogens with two attached hydrogens (primary N) is 1. The number of hydrogen-bond acceptors (Lipinski definition) is 3. The van der Waals surface area contributed by atoms with Crippen LogP contribution in [0.5, 0.6) is 0 Å². The third-order valence-electron chi connectivity index (χ3n) is 1.88. The molecule has 3 nitrogen and oxygen atoms in total. The van der Waals surface area contributed by atoms with Crippen LogP contribution in [0.4, 0.5) is 10.1 Å². The number of amides is 1. The Morgan fingerprint density at radius 1 is 1.38 bits per heavy atom. The molecule has 1 aromatic carbocycles. The Morgan fingerprint density at radius 3 is 2.81 bits per heavy atom. The van der Waals surface area contributed by atoms with Gasteiger partial charge < -0.3 is 11.1 Å². The molecule has 0 radical (unpaired) electrons. The van der Waals surface area contributed by atoms with Gasteiger partial charge >= 0.3 is 0 Å². The number of halogens is 1. The summed E-state index contributed by atoms with van der Waals surface area (Å²) in [7, 11) is 0. The van der Waals surface area contributed by atoms with E-state index in [1.54, 1.807) is 30.0 Å². The highest BCUT2D eigenvalue weighted by molar-refractivity contribution is 7.99. The number of thioether (sulfide) groups is 1. The van der Waals surface area contributed by atoms with Crippen molar-refractivity contribution < 1.29 is 9.18 Å². The van der Waals surface area contributed by atoms with Crippen molar-refractivity contribution in [3.8, 4) is 0 Å². The molecule has 1 amide bonds. The minimum Gasteiger partial charge on any atom is -0.330 e. The molecule has 0 aliphatic rings. The van der Waals surface area contributed by atoms with E-state index in [2.05, 4.69) is 5.32 Å². The molecule has 16 heavy (non-hydrogen) atoms. The Balaban J connectivity index is 2.32. The predicted molar refractivity (Wildman–Crippen MR) is 66.0 cm³/mol. The third kappa shape index (κ3) is 4.63. The fraction of sp³-hybridized carbons (Fsp3) is 0.364. The van der Waals surface area contributed by atoms with E-state index in [-0.39, 0.29) is 11.6 Å². The number of para-hydroxylation sites is 1. The molecule has 3 N–H and O–H groups in total. The van der Waals surface area contributed by atoms with Gasteiger partial charge in [-0.3, -0.25) is 4.79 Å². The molecule has 5 heteroatoms. The van der Waals surface area contributed by atoms with E-state index in [0.29, 0.717) is 18.7 Å². The second kappa shape index (κ2) is 7.24. The molecule has 1 aromatic rings.